The minimum Gasteiger partial charge on any atom is -0.372 e. The number of benzene rings is 2. The van der Waals surface area contributed by atoms with E-state index in [1.807, 2.05) is 49.4 Å². The summed E-state index contributed by atoms with van der Waals surface area (Å²) in [5.41, 5.74) is 3.14. The van der Waals surface area contributed by atoms with E-state index >= 15 is 0 Å². The molecule has 114 valence electrons. The van der Waals surface area contributed by atoms with E-state index in [4.69, 9.17) is 4.74 Å². The standard InChI is InChI=1S/C19H21O2S/c1-15-7-9-16(10-8-15)18(20)19(17-5-3-2-4-6-17)22-13-11-21-12-14-22/h2-10,19H,11-14H2,1H3/q+1. The normalized spacial score (nSPS) is 17.1. The third-order valence-corrected chi connectivity index (χ3v) is 6.52. The van der Waals surface area contributed by atoms with Crippen molar-refractivity contribution in [2.75, 3.05) is 24.7 Å². The Hall–Kier alpha value is -1.58. The summed E-state index contributed by atoms with van der Waals surface area (Å²) in [5, 5.41) is -0.0344. The van der Waals surface area contributed by atoms with Crippen molar-refractivity contribution in [3.05, 3.63) is 71.3 Å². The van der Waals surface area contributed by atoms with Crippen LogP contribution in [0.3, 0.4) is 0 Å². The highest BCUT2D eigenvalue weighted by molar-refractivity contribution is 7.97. The number of hydrogen-bond donors (Lipinski definition) is 0. The first-order valence-electron chi connectivity index (χ1n) is 7.65. The summed E-state index contributed by atoms with van der Waals surface area (Å²) in [4.78, 5) is 13.1. The Bertz CT molecular complexity index is 616. The van der Waals surface area contributed by atoms with Crippen molar-refractivity contribution in [3.8, 4) is 0 Å². The van der Waals surface area contributed by atoms with Crippen LogP contribution in [-0.4, -0.2) is 30.5 Å². The zero-order valence-corrected chi connectivity index (χ0v) is 13.6. The molecule has 0 amide bonds. The molecule has 1 aliphatic heterocycles. The van der Waals surface area contributed by atoms with E-state index in [0.29, 0.717) is 0 Å². The second-order valence-electron chi connectivity index (χ2n) is 5.58. The van der Waals surface area contributed by atoms with E-state index < -0.39 is 0 Å². The van der Waals surface area contributed by atoms with E-state index in [-0.39, 0.29) is 21.9 Å². The van der Waals surface area contributed by atoms with Crippen LogP contribution >= 0.6 is 0 Å². The van der Waals surface area contributed by atoms with Gasteiger partial charge in [0.1, 0.15) is 11.5 Å². The van der Waals surface area contributed by atoms with Gasteiger partial charge >= 0.3 is 0 Å². The Morgan fingerprint density at radius 2 is 1.64 bits per heavy atom. The van der Waals surface area contributed by atoms with E-state index in [1.165, 1.54) is 5.56 Å². The van der Waals surface area contributed by atoms with Gasteiger partial charge < -0.3 is 4.74 Å². The average Bonchev–Trinajstić information content (AvgIpc) is 2.57. The van der Waals surface area contributed by atoms with Gasteiger partial charge in [0.05, 0.1) is 13.2 Å². The zero-order valence-electron chi connectivity index (χ0n) is 12.8. The second-order valence-corrected chi connectivity index (χ2v) is 7.94. The average molecular weight is 313 g/mol. The van der Waals surface area contributed by atoms with E-state index in [0.717, 1.165) is 35.8 Å². The molecule has 1 heterocycles. The molecule has 2 aromatic carbocycles. The Kier molecular flexibility index (Phi) is 4.96. The first-order chi connectivity index (χ1) is 10.8. The molecule has 0 bridgehead atoms. The fraction of sp³-hybridized carbons (Fsp3) is 0.316. The Labute approximate surface area is 134 Å². The molecule has 0 N–H and O–H groups in total. The maximum atomic E-state index is 13.1. The molecular formula is C19H21O2S+. The predicted octanol–water partition coefficient (Wildman–Crippen LogP) is 3.57. The fourth-order valence-electron chi connectivity index (χ4n) is 2.76. The number of hydrogen-bond acceptors (Lipinski definition) is 2. The minimum atomic E-state index is -0.0344. The fourth-order valence-corrected chi connectivity index (χ4v) is 5.08. The zero-order chi connectivity index (χ0) is 15.4. The minimum absolute atomic E-state index is 0.0344. The molecule has 1 unspecified atom stereocenters. The van der Waals surface area contributed by atoms with Crippen molar-refractivity contribution in [3.63, 3.8) is 0 Å². The third-order valence-electron chi connectivity index (χ3n) is 3.99. The molecule has 0 aromatic heterocycles. The van der Waals surface area contributed by atoms with Gasteiger partial charge in [-0.15, -0.1) is 0 Å². The number of carbonyl (C=O) groups excluding carboxylic acids is 1. The quantitative estimate of drug-likeness (QED) is 0.637. The molecule has 0 saturated carbocycles. The van der Waals surface area contributed by atoms with Crippen LogP contribution in [-0.2, 0) is 15.6 Å². The highest BCUT2D eigenvalue weighted by Gasteiger charge is 2.39. The van der Waals surface area contributed by atoms with E-state index in [9.17, 15) is 4.79 Å². The van der Waals surface area contributed by atoms with Crippen LogP contribution in [0.2, 0.25) is 0 Å². The van der Waals surface area contributed by atoms with Gasteiger partial charge in [0, 0.05) is 22.0 Å². The molecule has 0 radical (unpaired) electrons. The van der Waals surface area contributed by atoms with Gasteiger partial charge in [-0.3, -0.25) is 4.79 Å². The molecule has 1 fully saturated rings. The van der Waals surface area contributed by atoms with Crippen LogP contribution in [0, 0.1) is 6.92 Å². The Morgan fingerprint density at radius 1 is 1.00 bits per heavy atom. The highest BCUT2D eigenvalue weighted by atomic mass is 32.2. The summed E-state index contributed by atoms with van der Waals surface area (Å²) in [6, 6.07) is 18.2. The number of aryl methyl sites for hydroxylation is 1. The summed E-state index contributed by atoms with van der Waals surface area (Å²) in [5.74, 6) is 2.21. The molecule has 3 heteroatoms. The summed E-state index contributed by atoms with van der Waals surface area (Å²) < 4.78 is 5.48. The van der Waals surface area contributed by atoms with Gasteiger partial charge in [-0.25, -0.2) is 0 Å². The predicted molar refractivity (Wildman–Crippen MR) is 92.6 cm³/mol. The van der Waals surface area contributed by atoms with Crippen LogP contribution < -0.4 is 0 Å². The van der Waals surface area contributed by atoms with Crippen molar-refractivity contribution in [2.45, 2.75) is 12.2 Å². The highest BCUT2D eigenvalue weighted by Crippen LogP contribution is 2.30. The molecule has 2 aromatic rings. The summed E-state index contributed by atoms with van der Waals surface area (Å²) >= 11 is 0. The van der Waals surface area contributed by atoms with Gasteiger partial charge in [-0.2, -0.15) is 0 Å². The van der Waals surface area contributed by atoms with Crippen molar-refractivity contribution in [1.29, 1.82) is 0 Å². The lowest BCUT2D eigenvalue weighted by atomic mass is 10.0. The van der Waals surface area contributed by atoms with E-state index in [1.54, 1.807) is 0 Å². The van der Waals surface area contributed by atoms with Crippen molar-refractivity contribution in [1.82, 2.24) is 0 Å². The molecule has 1 atom stereocenters. The first kappa shape index (κ1) is 15.3. The van der Waals surface area contributed by atoms with Crippen molar-refractivity contribution < 1.29 is 9.53 Å². The lowest BCUT2D eigenvalue weighted by Crippen LogP contribution is -2.34. The molecule has 2 nitrogen and oxygen atoms in total. The van der Waals surface area contributed by atoms with Gasteiger partial charge in [0.25, 0.3) is 0 Å². The van der Waals surface area contributed by atoms with Gasteiger partial charge in [-0.05, 0) is 6.92 Å². The van der Waals surface area contributed by atoms with Crippen molar-refractivity contribution >= 4 is 16.7 Å². The largest absolute Gasteiger partial charge is 0.372 e. The smallest absolute Gasteiger partial charge is 0.219 e. The molecule has 1 aliphatic rings. The first-order valence-corrected chi connectivity index (χ1v) is 9.28. The van der Waals surface area contributed by atoms with Crippen LogP contribution in [0.5, 0.6) is 0 Å². The molecule has 1 saturated heterocycles. The van der Waals surface area contributed by atoms with Gasteiger partial charge in [-0.1, -0.05) is 60.2 Å². The number of ether oxygens (including phenoxy) is 1. The lowest BCUT2D eigenvalue weighted by Gasteiger charge is -2.22. The number of Topliss-reactive ketones (excluding diaryl/α,β-unsaturated/α-hetero) is 1. The monoisotopic (exact) mass is 313 g/mol. The van der Waals surface area contributed by atoms with Crippen LogP contribution in [0.15, 0.2) is 54.6 Å². The molecular weight excluding hydrogens is 292 g/mol. The van der Waals surface area contributed by atoms with Gasteiger partial charge in [0.15, 0.2) is 0 Å². The Balaban J connectivity index is 1.93. The number of carbonyl (C=O) groups is 1. The molecule has 0 spiro atoms. The topological polar surface area (TPSA) is 26.3 Å². The SMILES string of the molecule is Cc1ccc(C(=O)C(c2ccccc2)[S+]2CCOCC2)cc1. The van der Waals surface area contributed by atoms with Crippen LogP contribution in [0.1, 0.15) is 26.7 Å². The van der Waals surface area contributed by atoms with Crippen molar-refractivity contribution in [2.24, 2.45) is 0 Å². The number of rotatable bonds is 4. The lowest BCUT2D eigenvalue weighted by molar-refractivity contribution is 0.0987. The van der Waals surface area contributed by atoms with Crippen LogP contribution in [0.4, 0.5) is 0 Å². The van der Waals surface area contributed by atoms with E-state index in [2.05, 4.69) is 12.1 Å². The summed E-state index contributed by atoms with van der Waals surface area (Å²) in [6.07, 6.45) is 0. The second kappa shape index (κ2) is 7.12. The number of ketones is 1. The Morgan fingerprint density at radius 3 is 2.27 bits per heavy atom. The van der Waals surface area contributed by atoms with Gasteiger partial charge in [0.2, 0.25) is 11.0 Å². The maximum Gasteiger partial charge on any atom is 0.219 e. The maximum absolute atomic E-state index is 13.1. The summed E-state index contributed by atoms with van der Waals surface area (Å²) in [7, 11) is 0.0561. The molecule has 3 rings (SSSR count). The molecule has 0 aliphatic carbocycles. The molecule has 22 heavy (non-hydrogen) atoms. The van der Waals surface area contributed by atoms with Crippen LogP contribution in [0.25, 0.3) is 0 Å². The summed E-state index contributed by atoms with van der Waals surface area (Å²) in [6.45, 7) is 3.59. The third kappa shape index (κ3) is 3.42.